The molecule has 0 aliphatic heterocycles. The summed E-state index contributed by atoms with van der Waals surface area (Å²) in [6.45, 7) is 8.55. The largest absolute Gasteiger partial charge is 0.550 e. The molecular formula is C25H35FN3O5-. The highest BCUT2D eigenvalue weighted by molar-refractivity contribution is 5.94. The first-order valence-electron chi connectivity index (χ1n) is 11.7. The van der Waals surface area contributed by atoms with Crippen molar-refractivity contribution in [3.63, 3.8) is 0 Å². The van der Waals surface area contributed by atoms with Crippen molar-refractivity contribution in [1.82, 2.24) is 15.1 Å². The second-order valence-electron chi connectivity index (χ2n) is 9.35. The Hall–Kier alpha value is -2.78. The fraction of sp³-hybridized carbons (Fsp3) is 0.560. The summed E-state index contributed by atoms with van der Waals surface area (Å²) in [5.41, 5.74) is 2.29. The highest BCUT2D eigenvalue weighted by atomic mass is 19.1. The molecule has 2 atom stereocenters. The van der Waals surface area contributed by atoms with E-state index in [1.54, 1.807) is 16.8 Å². The predicted octanol–water partition coefficient (Wildman–Crippen LogP) is 2.10. The summed E-state index contributed by atoms with van der Waals surface area (Å²) in [5, 5.41) is 38.3. The van der Waals surface area contributed by atoms with E-state index in [0.29, 0.717) is 30.3 Å². The van der Waals surface area contributed by atoms with Crippen LogP contribution >= 0.6 is 0 Å². The van der Waals surface area contributed by atoms with Gasteiger partial charge in [-0.05, 0) is 61.8 Å². The minimum Gasteiger partial charge on any atom is -0.550 e. The number of aliphatic hydroxyl groups excluding tert-OH is 2. The summed E-state index contributed by atoms with van der Waals surface area (Å²) >= 11 is 0. The second kappa shape index (κ2) is 12.6. The van der Waals surface area contributed by atoms with E-state index in [4.69, 9.17) is 0 Å². The Morgan fingerprint density at radius 2 is 1.74 bits per heavy atom. The van der Waals surface area contributed by atoms with E-state index < -0.39 is 30.4 Å². The first kappa shape index (κ1) is 27.5. The number of amides is 1. The Bertz CT molecular complexity index is 956. The van der Waals surface area contributed by atoms with Gasteiger partial charge in [-0.15, -0.1) is 0 Å². The third-order valence-corrected chi connectivity index (χ3v) is 5.55. The van der Waals surface area contributed by atoms with Gasteiger partial charge in [0.15, 0.2) is 5.69 Å². The van der Waals surface area contributed by atoms with Crippen molar-refractivity contribution in [2.24, 2.45) is 5.92 Å². The van der Waals surface area contributed by atoms with Gasteiger partial charge in [0.05, 0.1) is 17.9 Å². The molecule has 34 heavy (non-hydrogen) atoms. The molecule has 3 N–H and O–H groups in total. The average molecular weight is 477 g/mol. The number of nitrogens with zero attached hydrogens (tertiary/aromatic N) is 2. The van der Waals surface area contributed by atoms with Crippen LogP contribution in [0.5, 0.6) is 0 Å². The van der Waals surface area contributed by atoms with Gasteiger partial charge in [0.25, 0.3) is 5.91 Å². The van der Waals surface area contributed by atoms with Gasteiger partial charge in [-0.25, -0.2) is 9.07 Å². The molecule has 0 saturated carbocycles. The van der Waals surface area contributed by atoms with E-state index in [9.17, 15) is 29.3 Å². The molecule has 1 amide bonds. The van der Waals surface area contributed by atoms with Crippen LogP contribution in [0.25, 0.3) is 5.69 Å². The number of aliphatic hydroxyl groups is 2. The molecule has 0 bridgehead atoms. The summed E-state index contributed by atoms with van der Waals surface area (Å²) < 4.78 is 15.1. The van der Waals surface area contributed by atoms with Crippen molar-refractivity contribution in [2.75, 3.05) is 6.54 Å². The molecule has 0 spiro atoms. The van der Waals surface area contributed by atoms with Crippen LogP contribution in [-0.2, 0) is 11.2 Å². The number of hydrogen-bond acceptors (Lipinski definition) is 6. The maximum Gasteiger partial charge on any atom is 0.272 e. The first-order valence-corrected chi connectivity index (χ1v) is 11.7. The Balaban J connectivity index is 2.36. The van der Waals surface area contributed by atoms with E-state index in [-0.39, 0.29) is 30.4 Å². The van der Waals surface area contributed by atoms with Crippen molar-refractivity contribution in [3.05, 3.63) is 47.0 Å². The lowest BCUT2D eigenvalue weighted by molar-refractivity contribution is -0.307. The lowest BCUT2D eigenvalue weighted by atomic mass is 9.95. The number of nitrogens with one attached hydrogen (secondary N) is 1. The highest BCUT2D eigenvalue weighted by Gasteiger charge is 2.26. The molecule has 1 aromatic heterocycles. The SMILES string of the molecule is CC(C)CCNC(=O)c1nn(-c2ccc(F)cc2)c(CC[C@@H](O)C[C@@H](O)CC(=O)[O-])c1C(C)C. The maximum atomic E-state index is 13.5. The minimum absolute atomic E-state index is 0.0594. The number of aromatic nitrogens is 2. The fourth-order valence-corrected chi connectivity index (χ4v) is 3.84. The molecular weight excluding hydrogens is 441 g/mol. The van der Waals surface area contributed by atoms with Crippen LogP contribution in [0.3, 0.4) is 0 Å². The molecule has 0 fully saturated rings. The Morgan fingerprint density at radius 3 is 2.29 bits per heavy atom. The highest BCUT2D eigenvalue weighted by Crippen LogP contribution is 2.28. The first-order chi connectivity index (χ1) is 16.0. The van der Waals surface area contributed by atoms with Crippen molar-refractivity contribution >= 4 is 11.9 Å². The Morgan fingerprint density at radius 1 is 1.09 bits per heavy atom. The molecule has 0 aliphatic carbocycles. The van der Waals surface area contributed by atoms with Gasteiger partial charge in [-0.1, -0.05) is 27.7 Å². The lowest BCUT2D eigenvalue weighted by Gasteiger charge is -2.17. The maximum absolute atomic E-state index is 13.5. The summed E-state index contributed by atoms with van der Waals surface area (Å²) in [6.07, 6.45) is -1.49. The molecule has 2 aromatic rings. The van der Waals surface area contributed by atoms with Gasteiger partial charge in [0, 0.05) is 30.2 Å². The predicted molar refractivity (Wildman–Crippen MR) is 124 cm³/mol. The molecule has 0 unspecified atom stereocenters. The standard InChI is InChI=1S/C25H36FN3O5/c1-15(2)11-12-27-25(34)24-23(16(3)4)21(10-9-19(30)13-20(31)14-22(32)33)29(28-24)18-7-5-17(26)6-8-18/h5-8,15-16,19-20,30-31H,9-14H2,1-4H3,(H,27,34)(H,32,33)/p-1/t19-,20-/m1/s1. The molecule has 0 radical (unpaired) electrons. The molecule has 0 aliphatic rings. The van der Waals surface area contributed by atoms with Crippen LogP contribution in [0.1, 0.15) is 81.0 Å². The van der Waals surface area contributed by atoms with Crippen LogP contribution in [0.15, 0.2) is 24.3 Å². The number of carboxylic acid groups (broad SMARTS) is 1. The second-order valence-corrected chi connectivity index (χ2v) is 9.35. The smallest absolute Gasteiger partial charge is 0.272 e. The Kier molecular flexibility index (Phi) is 10.2. The van der Waals surface area contributed by atoms with Gasteiger partial charge in [0.2, 0.25) is 0 Å². The van der Waals surface area contributed by atoms with Crippen LogP contribution < -0.4 is 10.4 Å². The number of benzene rings is 1. The molecule has 0 saturated heterocycles. The van der Waals surface area contributed by atoms with Crippen molar-refractivity contribution in [1.29, 1.82) is 0 Å². The number of halogens is 1. The van der Waals surface area contributed by atoms with Gasteiger partial charge < -0.3 is 25.4 Å². The number of aliphatic carboxylic acids is 1. The summed E-state index contributed by atoms with van der Waals surface area (Å²) in [6, 6.07) is 5.75. The number of carboxylic acids is 1. The molecule has 188 valence electrons. The minimum atomic E-state index is -1.38. The average Bonchev–Trinajstić information content (AvgIpc) is 3.11. The van der Waals surface area contributed by atoms with Gasteiger partial charge in [-0.3, -0.25) is 4.79 Å². The monoisotopic (exact) mass is 476 g/mol. The quantitative estimate of drug-likeness (QED) is 0.406. The van der Waals surface area contributed by atoms with E-state index >= 15 is 0 Å². The van der Waals surface area contributed by atoms with Crippen LogP contribution in [0, 0.1) is 11.7 Å². The van der Waals surface area contributed by atoms with Crippen LogP contribution in [0.2, 0.25) is 0 Å². The van der Waals surface area contributed by atoms with E-state index in [1.165, 1.54) is 12.1 Å². The van der Waals surface area contributed by atoms with Crippen molar-refractivity contribution in [2.45, 2.75) is 77.9 Å². The van der Waals surface area contributed by atoms with Crippen LogP contribution in [0.4, 0.5) is 4.39 Å². The van der Waals surface area contributed by atoms with E-state index in [1.807, 2.05) is 13.8 Å². The zero-order valence-electron chi connectivity index (χ0n) is 20.3. The molecule has 8 nitrogen and oxygen atoms in total. The third kappa shape index (κ3) is 7.92. The molecule has 1 heterocycles. The van der Waals surface area contributed by atoms with Crippen molar-refractivity contribution in [3.8, 4) is 5.69 Å². The molecule has 1 aromatic carbocycles. The van der Waals surface area contributed by atoms with Gasteiger partial charge in [0.1, 0.15) is 5.82 Å². The number of carbonyl (C=O) groups is 2. The summed E-state index contributed by atoms with van der Waals surface area (Å²) in [7, 11) is 0. The van der Waals surface area contributed by atoms with E-state index in [0.717, 1.165) is 12.0 Å². The Labute approximate surface area is 199 Å². The normalized spacial score (nSPS) is 13.3. The van der Waals surface area contributed by atoms with E-state index in [2.05, 4.69) is 24.3 Å². The molecule has 2 rings (SSSR count). The molecule has 9 heteroatoms. The zero-order chi connectivity index (χ0) is 25.4. The zero-order valence-corrected chi connectivity index (χ0v) is 20.3. The number of hydrogen-bond donors (Lipinski definition) is 3. The van der Waals surface area contributed by atoms with Gasteiger partial charge >= 0.3 is 0 Å². The topological polar surface area (TPSA) is 128 Å². The number of rotatable bonds is 13. The third-order valence-electron chi connectivity index (χ3n) is 5.55. The van der Waals surface area contributed by atoms with Gasteiger partial charge in [-0.2, -0.15) is 5.10 Å². The van der Waals surface area contributed by atoms with Crippen LogP contribution in [-0.4, -0.2) is 50.6 Å². The summed E-state index contributed by atoms with van der Waals surface area (Å²) in [5.74, 6) is -1.70. The number of carbonyl (C=O) groups excluding carboxylic acids is 2. The fourth-order valence-electron chi connectivity index (χ4n) is 3.84. The summed E-state index contributed by atoms with van der Waals surface area (Å²) in [4.78, 5) is 23.7. The van der Waals surface area contributed by atoms with Crippen molar-refractivity contribution < 1.29 is 29.3 Å². The lowest BCUT2D eigenvalue weighted by Crippen LogP contribution is -2.29.